The van der Waals surface area contributed by atoms with Crippen LogP contribution in [0.5, 0.6) is 11.5 Å². The molecular weight excluding hydrogens is 478 g/mol. The van der Waals surface area contributed by atoms with E-state index in [1.807, 2.05) is 57.2 Å². The SMILES string of the molecule is CCOc1ccc(N2C(=O)C(=O)/C(=C(/O)c3ccc(OCC)c(C(C)(C)C)c3)C2c2ccccc2C)cc1. The Bertz CT molecular complexity index is 1380. The van der Waals surface area contributed by atoms with Crippen molar-refractivity contribution in [2.45, 2.75) is 53.0 Å². The van der Waals surface area contributed by atoms with Gasteiger partial charge in [0.25, 0.3) is 11.7 Å². The maximum absolute atomic E-state index is 13.6. The summed E-state index contributed by atoms with van der Waals surface area (Å²) in [7, 11) is 0. The van der Waals surface area contributed by atoms with Crippen molar-refractivity contribution in [3.8, 4) is 11.5 Å². The van der Waals surface area contributed by atoms with Gasteiger partial charge in [-0.15, -0.1) is 0 Å². The minimum absolute atomic E-state index is 0.0576. The first-order valence-corrected chi connectivity index (χ1v) is 13.0. The number of aryl methyl sites for hydroxylation is 1. The van der Waals surface area contributed by atoms with E-state index in [9.17, 15) is 14.7 Å². The topological polar surface area (TPSA) is 76.1 Å². The molecule has 1 atom stereocenters. The number of amides is 1. The molecule has 3 aromatic carbocycles. The number of Topliss-reactive ketones (excluding diaryl/α,β-unsaturated/α-hetero) is 1. The minimum Gasteiger partial charge on any atom is -0.507 e. The molecule has 0 saturated carbocycles. The fourth-order valence-electron chi connectivity index (χ4n) is 4.86. The fourth-order valence-corrected chi connectivity index (χ4v) is 4.86. The zero-order chi connectivity index (χ0) is 27.6. The number of hydrogen-bond acceptors (Lipinski definition) is 5. The van der Waals surface area contributed by atoms with Gasteiger partial charge in [-0.1, -0.05) is 45.0 Å². The van der Waals surface area contributed by atoms with Gasteiger partial charge in [-0.2, -0.15) is 0 Å². The molecule has 0 spiro atoms. The molecule has 38 heavy (non-hydrogen) atoms. The average molecular weight is 514 g/mol. The van der Waals surface area contributed by atoms with E-state index < -0.39 is 17.7 Å². The van der Waals surface area contributed by atoms with Gasteiger partial charge in [0.05, 0.1) is 24.8 Å². The molecule has 0 aliphatic carbocycles. The second-order valence-electron chi connectivity index (χ2n) is 10.3. The van der Waals surface area contributed by atoms with Crippen LogP contribution in [0.15, 0.2) is 72.3 Å². The molecule has 1 aliphatic rings. The van der Waals surface area contributed by atoms with Crippen molar-refractivity contribution < 1.29 is 24.2 Å². The molecule has 1 N–H and O–H groups in total. The number of aliphatic hydroxyl groups is 1. The Balaban J connectivity index is 1.93. The zero-order valence-electron chi connectivity index (χ0n) is 22.9. The molecule has 6 heteroatoms. The summed E-state index contributed by atoms with van der Waals surface area (Å²) >= 11 is 0. The minimum atomic E-state index is -0.793. The summed E-state index contributed by atoms with van der Waals surface area (Å²) in [4.78, 5) is 28.5. The monoisotopic (exact) mass is 513 g/mol. The number of aliphatic hydroxyl groups excluding tert-OH is 1. The molecule has 3 aromatic rings. The lowest BCUT2D eigenvalue weighted by Crippen LogP contribution is -2.29. The van der Waals surface area contributed by atoms with Gasteiger partial charge >= 0.3 is 0 Å². The Morgan fingerprint density at radius 1 is 0.921 bits per heavy atom. The number of ketones is 1. The molecule has 4 rings (SSSR count). The highest BCUT2D eigenvalue weighted by atomic mass is 16.5. The van der Waals surface area contributed by atoms with E-state index >= 15 is 0 Å². The van der Waals surface area contributed by atoms with Crippen molar-refractivity contribution in [1.29, 1.82) is 0 Å². The Hall–Kier alpha value is -4.06. The fraction of sp³-hybridized carbons (Fsp3) is 0.312. The van der Waals surface area contributed by atoms with Crippen LogP contribution in [-0.4, -0.2) is 30.0 Å². The summed E-state index contributed by atoms with van der Waals surface area (Å²) in [6.07, 6.45) is 0. The quantitative estimate of drug-likeness (QED) is 0.216. The largest absolute Gasteiger partial charge is 0.507 e. The van der Waals surface area contributed by atoms with Gasteiger partial charge in [0.1, 0.15) is 17.3 Å². The highest BCUT2D eigenvalue weighted by molar-refractivity contribution is 6.51. The molecule has 198 valence electrons. The van der Waals surface area contributed by atoms with E-state index in [2.05, 4.69) is 20.8 Å². The third-order valence-corrected chi connectivity index (χ3v) is 6.71. The van der Waals surface area contributed by atoms with E-state index in [0.717, 1.165) is 22.4 Å². The third kappa shape index (κ3) is 5.03. The summed E-state index contributed by atoms with van der Waals surface area (Å²) in [5.74, 6) is -0.230. The highest BCUT2D eigenvalue weighted by Crippen LogP contribution is 2.44. The number of hydrogen-bond donors (Lipinski definition) is 1. The summed E-state index contributed by atoms with van der Waals surface area (Å²) in [6, 6.07) is 19.3. The van der Waals surface area contributed by atoms with Crippen LogP contribution in [0.1, 0.15) is 62.9 Å². The maximum atomic E-state index is 13.6. The van der Waals surface area contributed by atoms with Crippen LogP contribution in [0.2, 0.25) is 0 Å². The molecule has 1 aliphatic heterocycles. The molecule has 0 radical (unpaired) electrons. The van der Waals surface area contributed by atoms with E-state index in [1.54, 1.807) is 30.3 Å². The lowest BCUT2D eigenvalue weighted by molar-refractivity contribution is -0.132. The smallest absolute Gasteiger partial charge is 0.300 e. The molecule has 0 bridgehead atoms. The zero-order valence-corrected chi connectivity index (χ0v) is 22.9. The van der Waals surface area contributed by atoms with Crippen molar-refractivity contribution in [3.63, 3.8) is 0 Å². The second kappa shape index (κ2) is 10.7. The lowest BCUT2D eigenvalue weighted by atomic mass is 9.84. The highest BCUT2D eigenvalue weighted by Gasteiger charge is 2.47. The normalized spacial score (nSPS) is 17.1. The first kappa shape index (κ1) is 27.0. The van der Waals surface area contributed by atoms with Crippen LogP contribution in [-0.2, 0) is 15.0 Å². The molecule has 1 unspecified atom stereocenters. The second-order valence-corrected chi connectivity index (χ2v) is 10.3. The molecule has 6 nitrogen and oxygen atoms in total. The van der Waals surface area contributed by atoms with Crippen molar-refractivity contribution >= 4 is 23.1 Å². The number of rotatable bonds is 7. The van der Waals surface area contributed by atoms with Crippen LogP contribution < -0.4 is 14.4 Å². The van der Waals surface area contributed by atoms with Gasteiger partial charge in [0.2, 0.25) is 0 Å². The molecule has 0 aromatic heterocycles. The summed E-state index contributed by atoms with van der Waals surface area (Å²) < 4.78 is 11.4. The molecular formula is C32H35NO5. The number of ether oxygens (including phenoxy) is 2. The van der Waals surface area contributed by atoms with Crippen molar-refractivity contribution in [2.24, 2.45) is 0 Å². The van der Waals surface area contributed by atoms with Gasteiger partial charge < -0.3 is 14.6 Å². The van der Waals surface area contributed by atoms with Crippen molar-refractivity contribution in [1.82, 2.24) is 0 Å². The van der Waals surface area contributed by atoms with Gasteiger partial charge in [-0.3, -0.25) is 14.5 Å². The summed E-state index contributed by atoms with van der Waals surface area (Å²) in [6.45, 7) is 13.0. The number of benzene rings is 3. The standard InChI is InChI=1S/C32H35NO5/c1-7-37-23-16-14-22(15-17-23)33-28(24-12-10-9-11-20(24)3)27(30(35)31(33)36)29(34)21-13-18-26(38-8-2)25(19-21)32(4,5)6/h9-19,28,34H,7-8H2,1-6H3/b29-27+. The maximum Gasteiger partial charge on any atom is 0.300 e. The molecule has 1 amide bonds. The Kier molecular flexibility index (Phi) is 7.63. The Morgan fingerprint density at radius 2 is 1.58 bits per heavy atom. The van der Waals surface area contributed by atoms with E-state index in [4.69, 9.17) is 9.47 Å². The van der Waals surface area contributed by atoms with Crippen LogP contribution in [0.4, 0.5) is 5.69 Å². The predicted octanol–water partition coefficient (Wildman–Crippen LogP) is 6.72. The van der Waals surface area contributed by atoms with Gasteiger partial charge in [-0.25, -0.2) is 0 Å². The number of carbonyl (C=O) groups excluding carboxylic acids is 2. The average Bonchev–Trinajstić information content (AvgIpc) is 3.14. The van der Waals surface area contributed by atoms with E-state index in [1.165, 1.54) is 4.90 Å². The summed E-state index contributed by atoms with van der Waals surface area (Å²) in [5, 5.41) is 11.6. The van der Waals surface area contributed by atoms with Crippen LogP contribution in [0, 0.1) is 6.92 Å². The van der Waals surface area contributed by atoms with Gasteiger partial charge in [0, 0.05) is 16.8 Å². The molecule has 1 heterocycles. The molecule has 1 fully saturated rings. The van der Waals surface area contributed by atoms with Crippen LogP contribution in [0.25, 0.3) is 5.76 Å². The van der Waals surface area contributed by atoms with E-state index in [-0.39, 0.29) is 16.7 Å². The third-order valence-electron chi connectivity index (χ3n) is 6.71. The van der Waals surface area contributed by atoms with Crippen LogP contribution in [0.3, 0.4) is 0 Å². The predicted molar refractivity (Wildman–Crippen MR) is 150 cm³/mol. The number of anilines is 1. The van der Waals surface area contributed by atoms with Crippen LogP contribution >= 0.6 is 0 Å². The first-order valence-electron chi connectivity index (χ1n) is 13.0. The Morgan fingerprint density at radius 3 is 2.18 bits per heavy atom. The van der Waals surface area contributed by atoms with E-state index in [0.29, 0.717) is 30.2 Å². The van der Waals surface area contributed by atoms with Crippen molar-refractivity contribution in [3.05, 3.63) is 94.6 Å². The molecule has 1 saturated heterocycles. The van der Waals surface area contributed by atoms with Crippen molar-refractivity contribution in [2.75, 3.05) is 18.1 Å². The van der Waals surface area contributed by atoms with Gasteiger partial charge in [-0.05, 0) is 79.8 Å². The summed E-state index contributed by atoms with van der Waals surface area (Å²) in [5.41, 5.74) is 3.36. The first-order chi connectivity index (χ1) is 18.1. The number of carbonyl (C=O) groups is 2. The number of nitrogens with zero attached hydrogens (tertiary/aromatic N) is 1. The Labute approximate surface area is 224 Å². The lowest BCUT2D eigenvalue weighted by Gasteiger charge is -2.27. The van der Waals surface area contributed by atoms with Gasteiger partial charge in [0.15, 0.2) is 0 Å².